The van der Waals surface area contributed by atoms with Crippen molar-refractivity contribution in [3.63, 3.8) is 0 Å². The van der Waals surface area contributed by atoms with Crippen LogP contribution >= 0.6 is 31.9 Å². The SMILES string of the molecule is Nc1cccc(OCCNC(=O)c2ccc(Br)cc2Br)c1. The first kappa shape index (κ1) is 15.9. The fraction of sp³-hybridized carbons (Fsp3) is 0.133. The number of rotatable bonds is 5. The molecule has 0 radical (unpaired) electrons. The van der Waals surface area contributed by atoms with Gasteiger partial charge >= 0.3 is 0 Å². The zero-order valence-corrected chi connectivity index (χ0v) is 14.3. The number of carbonyl (C=O) groups excluding carboxylic acids is 1. The summed E-state index contributed by atoms with van der Waals surface area (Å²) in [5, 5.41) is 2.80. The molecule has 0 heterocycles. The Labute approximate surface area is 139 Å². The molecule has 0 spiro atoms. The van der Waals surface area contributed by atoms with E-state index in [-0.39, 0.29) is 5.91 Å². The van der Waals surface area contributed by atoms with E-state index >= 15 is 0 Å². The average Bonchev–Trinajstić information content (AvgIpc) is 2.43. The molecule has 0 aliphatic heterocycles. The van der Waals surface area contributed by atoms with Crippen molar-refractivity contribution in [2.45, 2.75) is 0 Å². The van der Waals surface area contributed by atoms with Gasteiger partial charge in [-0.2, -0.15) is 0 Å². The Morgan fingerprint density at radius 2 is 2.00 bits per heavy atom. The number of nitrogen functional groups attached to an aromatic ring is 1. The first-order valence-corrected chi connectivity index (χ1v) is 7.86. The Balaban J connectivity index is 1.82. The molecule has 0 saturated carbocycles. The minimum Gasteiger partial charge on any atom is -0.492 e. The highest BCUT2D eigenvalue weighted by Crippen LogP contribution is 2.21. The Kier molecular flexibility index (Phi) is 5.64. The number of halogens is 2. The summed E-state index contributed by atoms with van der Waals surface area (Å²) in [6, 6.07) is 12.6. The van der Waals surface area contributed by atoms with Gasteiger partial charge in [0.2, 0.25) is 0 Å². The van der Waals surface area contributed by atoms with Crippen LogP contribution in [-0.4, -0.2) is 19.1 Å². The molecule has 0 saturated heterocycles. The molecular weight excluding hydrogens is 400 g/mol. The lowest BCUT2D eigenvalue weighted by Gasteiger charge is -2.09. The van der Waals surface area contributed by atoms with E-state index in [2.05, 4.69) is 37.2 Å². The number of anilines is 1. The van der Waals surface area contributed by atoms with Crippen molar-refractivity contribution in [1.29, 1.82) is 0 Å². The van der Waals surface area contributed by atoms with Crippen molar-refractivity contribution < 1.29 is 9.53 Å². The van der Waals surface area contributed by atoms with Gasteiger partial charge in [-0.15, -0.1) is 0 Å². The number of hydrogen-bond donors (Lipinski definition) is 2. The standard InChI is InChI=1S/C15H14Br2N2O2/c16-10-4-5-13(14(17)8-10)15(20)19-6-7-21-12-3-1-2-11(18)9-12/h1-5,8-9H,6-7,18H2,(H,19,20). The molecule has 110 valence electrons. The summed E-state index contributed by atoms with van der Waals surface area (Å²) < 4.78 is 7.16. The Morgan fingerprint density at radius 1 is 1.19 bits per heavy atom. The van der Waals surface area contributed by atoms with Crippen LogP contribution < -0.4 is 15.8 Å². The van der Waals surface area contributed by atoms with Gasteiger partial charge in [0.25, 0.3) is 5.91 Å². The highest BCUT2D eigenvalue weighted by Gasteiger charge is 2.09. The second-order valence-corrected chi connectivity index (χ2v) is 6.07. The molecule has 0 fully saturated rings. The van der Waals surface area contributed by atoms with Crippen LogP contribution in [0.2, 0.25) is 0 Å². The maximum Gasteiger partial charge on any atom is 0.252 e. The second-order valence-electron chi connectivity index (χ2n) is 4.30. The van der Waals surface area contributed by atoms with Crippen molar-refractivity contribution in [2.24, 2.45) is 0 Å². The van der Waals surface area contributed by atoms with E-state index in [0.717, 1.165) is 8.95 Å². The van der Waals surface area contributed by atoms with Gasteiger partial charge in [-0.05, 0) is 46.3 Å². The molecule has 3 N–H and O–H groups in total. The van der Waals surface area contributed by atoms with Crippen LogP contribution in [0.5, 0.6) is 5.75 Å². The predicted octanol–water partition coefficient (Wildman–Crippen LogP) is 3.60. The van der Waals surface area contributed by atoms with Crippen LogP contribution in [0.4, 0.5) is 5.69 Å². The number of ether oxygens (including phenoxy) is 1. The van der Waals surface area contributed by atoms with Gasteiger partial charge in [-0.3, -0.25) is 4.79 Å². The normalized spacial score (nSPS) is 10.2. The third-order valence-electron chi connectivity index (χ3n) is 2.69. The van der Waals surface area contributed by atoms with E-state index in [9.17, 15) is 4.79 Å². The van der Waals surface area contributed by atoms with Crippen LogP contribution in [0.1, 0.15) is 10.4 Å². The zero-order valence-electron chi connectivity index (χ0n) is 11.1. The minimum atomic E-state index is -0.148. The van der Waals surface area contributed by atoms with Gasteiger partial charge in [0.05, 0.1) is 12.1 Å². The molecule has 0 aliphatic carbocycles. The van der Waals surface area contributed by atoms with E-state index in [1.54, 1.807) is 18.2 Å². The number of amides is 1. The first-order valence-electron chi connectivity index (χ1n) is 6.28. The topological polar surface area (TPSA) is 64.3 Å². The van der Waals surface area contributed by atoms with Crippen molar-refractivity contribution in [3.8, 4) is 5.75 Å². The van der Waals surface area contributed by atoms with Crippen LogP contribution in [0.15, 0.2) is 51.4 Å². The zero-order chi connectivity index (χ0) is 15.2. The number of benzene rings is 2. The molecule has 0 aliphatic rings. The monoisotopic (exact) mass is 412 g/mol. The van der Waals surface area contributed by atoms with E-state index in [0.29, 0.717) is 30.2 Å². The molecule has 2 aromatic rings. The lowest BCUT2D eigenvalue weighted by Crippen LogP contribution is -2.28. The molecule has 1 amide bonds. The predicted molar refractivity (Wildman–Crippen MR) is 90.5 cm³/mol. The third-order valence-corrected chi connectivity index (χ3v) is 3.84. The third kappa shape index (κ3) is 4.75. The van der Waals surface area contributed by atoms with Crippen LogP contribution in [0.3, 0.4) is 0 Å². The molecule has 6 heteroatoms. The number of carbonyl (C=O) groups is 1. The molecular formula is C15H14Br2N2O2. The number of nitrogens with one attached hydrogen (secondary N) is 1. The number of hydrogen-bond acceptors (Lipinski definition) is 3. The van der Waals surface area contributed by atoms with E-state index in [1.165, 1.54) is 0 Å². The van der Waals surface area contributed by atoms with Crippen molar-refractivity contribution in [1.82, 2.24) is 5.32 Å². The van der Waals surface area contributed by atoms with Crippen molar-refractivity contribution >= 4 is 43.5 Å². The molecule has 0 aromatic heterocycles. The first-order chi connectivity index (χ1) is 10.1. The highest BCUT2D eigenvalue weighted by molar-refractivity contribution is 9.11. The molecule has 21 heavy (non-hydrogen) atoms. The Hall–Kier alpha value is -1.53. The summed E-state index contributed by atoms with van der Waals surface area (Å²) in [5.74, 6) is 0.541. The summed E-state index contributed by atoms with van der Waals surface area (Å²) in [4.78, 5) is 12.0. The second kappa shape index (κ2) is 7.47. The quantitative estimate of drug-likeness (QED) is 0.581. The average molecular weight is 414 g/mol. The summed E-state index contributed by atoms with van der Waals surface area (Å²) in [6.45, 7) is 0.791. The van der Waals surface area contributed by atoms with Crippen LogP contribution in [-0.2, 0) is 0 Å². The van der Waals surface area contributed by atoms with Gasteiger partial charge < -0.3 is 15.8 Å². The lowest BCUT2D eigenvalue weighted by atomic mass is 10.2. The van der Waals surface area contributed by atoms with E-state index in [1.807, 2.05) is 24.3 Å². The highest BCUT2D eigenvalue weighted by atomic mass is 79.9. The largest absolute Gasteiger partial charge is 0.492 e. The molecule has 0 bridgehead atoms. The lowest BCUT2D eigenvalue weighted by molar-refractivity contribution is 0.0946. The van der Waals surface area contributed by atoms with Crippen LogP contribution in [0.25, 0.3) is 0 Å². The summed E-state index contributed by atoms with van der Waals surface area (Å²) in [6.07, 6.45) is 0. The Bertz CT molecular complexity index is 647. The van der Waals surface area contributed by atoms with Gasteiger partial charge in [-0.1, -0.05) is 22.0 Å². The summed E-state index contributed by atoms with van der Waals surface area (Å²) in [5.41, 5.74) is 6.89. The Morgan fingerprint density at radius 3 is 2.71 bits per heavy atom. The van der Waals surface area contributed by atoms with E-state index in [4.69, 9.17) is 10.5 Å². The van der Waals surface area contributed by atoms with Crippen LogP contribution in [0, 0.1) is 0 Å². The fourth-order valence-electron chi connectivity index (χ4n) is 1.71. The minimum absolute atomic E-state index is 0.148. The van der Waals surface area contributed by atoms with Crippen molar-refractivity contribution in [3.05, 3.63) is 57.0 Å². The van der Waals surface area contributed by atoms with E-state index < -0.39 is 0 Å². The molecule has 0 atom stereocenters. The van der Waals surface area contributed by atoms with Gasteiger partial charge in [0, 0.05) is 20.7 Å². The number of nitrogens with two attached hydrogens (primary N) is 1. The van der Waals surface area contributed by atoms with Gasteiger partial charge in [0.1, 0.15) is 12.4 Å². The smallest absolute Gasteiger partial charge is 0.252 e. The maximum atomic E-state index is 12.0. The molecule has 2 aromatic carbocycles. The summed E-state index contributed by atoms with van der Waals surface area (Å²) >= 11 is 6.71. The fourth-order valence-corrected chi connectivity index (χ4v) is 2.93. The molecule has 0 unspecified atom stereocenters. The molecule has 4 nitrogen and oxygen atoms in total. The maximum absolute atomic E-state index is 12.0. The van der Waals surface area contributed by atoms with Crippen molar-refractivity contribution in [2.75, 3.05) is 18.9 Å². The molecule has 2 rings (SSSR count). The van der Waals surface area contributed by atoms with Gasteiger partial charge in [-0.25, -0.2) is 0 Å². The van der Waals surface area contributed by atoms with Gasteiger partial charge in [0.15, 0.2) is 0 Å². The summed E-state index contributed by atoms with van der Waals surface area (Å²) in [7, 11) is 0.